The van der Waals surface area contributed by atoms with E-state index in [9.17, 15) is 14.4 Å². The molecule has 3 rings (SSSR count). The summed E-state index contributed by atoms with van der Waals surface area (Å²) in [7, 11) is 0. The lowest BCUT2D eigenvalue weighted by Gasteiger charge is -2.14. The number of amides is 2. The number of rotatable bonds is 5. The third-order valence-electron chi connectivity index (χ3n) is 3.75. The largest absolute Gasteiger partial charge is 0.460 e. The molecule has 24 heavy (non-hydrogen) atoms. The first-order chi connectivity index (χ1) is 11.6. The zero-order valence-corrected chi connectivity index (χ0v) is 13.8. The van der Waals surface area contributed by atoms with Gasteiger partial charge in [-0.15, -0.1) is 11.8 Å². The van der Waals surface area contributed by atoms with Crippen LogP contribution < -0.4 is 0 Å². The maximum atomic E-state index is 12.2. The standard InChI is InChI=1S/C18H15NO4S/c1-24-15-9-5-4-8-14(15)18(22)23-11-10-19-16(20)12-6-2-3-7-13(12)17(19)21/h2-9H,10-11H2,1H3. The van der Waals surface area contributed by atoms with E-state index in [4.69, 9.17) is 4.74 Å². The summed E-state index contributed by atoms with van der Waals surface area (Å²) in [5, 5.41) is 0. The average molecular weight is 341 g/mol. The topological polar surface area (TPSA) is 63.7 Å². The summed E-state index contributed by atoms with van der Waals surface area (Å²) in [5.74, 6) is -1.16. The molecule has 5 nitrogen and oxygen atoms in total. The molecule has 1 aliphatic heterocycles. The van der Waals surface area contributed by atoms with Crippen LogP contribution in [0.2, 0.25) is 0 Å². The Hall–Kier alpha value is -2.60. The summed E-state index contributed by atoms with van der Waals surface area (Å²) in [4.78, 5) is 38.5. The van der Waals surface area contributed by atoms with Gasteiger partial charge in [0, 0.05) is 4.90 Å². The average Bonchev–Trinajstić information content (AvgIpc) is 2.86. The minimum Gasteiger partial charge on any atom is -0.460 e. The summed E-state index contributed by atoms with van der Waals surface area (Å²) in [6, 6.07) is 13.8. The van der Waals surface area contributed by atoms with Crippen molar-refractivity contribution < 1.29 is 19.1 Å². The molecule has 2 amide bonds. The number of hydrogen-bond acceptors (Lipinski definition) is 5. The Balaban J connectivity index is 1.62. The fourth-order valence-electron chi connectivity index (χ4n) is 2.56. The van der Waals surface area contributed by atoms with E-state index < -0.39 is 5.97 Å². The summed E-state index contributed by atoms with van der Waals surface area (Å²) in [6.45, 7) is 0.00649. The highest BCUT2D eigenvalue weighted by atomic mass is 32.2. The van der Waals surface area contributed by atoms with Gasteiger partial charge in [0.05, 0.1) is 23.2 Å². The van der Waals surface area contributed by atoms with Gasteiger partial charge in [-0.2, -0.15) is 0 Å². The molecule has 0 atom stereocenters. The zero-order chi connectivity index (χ0) is 17.1. The molecule has 122 valence electrons. The lowest BCUT2D eigenvalue weighted by molar-refractivity contribution is 0.0417. The quantitative estimate of drug-likeness (QED) is 0.475. The fraction of sp³-hybridized carbons (Fsp3) is 0.167. The van der Waals surface area contributed by atoms with Gasteiger partial charge in [-0.3, -0.25) is 14.5 Å². The molecule has 0 unspecified atom stereocenters. The molecule has 6 heteroatoms. The number of benzene rings is 2. The number of hydrogen-bond donors (Lipinski definition) is 0. The highest BCUT2D eigenvalue weighted by Crippen LogP contribution is 2.23. The smallest absolute Gasteiger partial charge is 0.339 e. The number of esters is 1. The van der Waals surface area contributed by atoms with Crippen LogP contribution in [0.4, 0.5) is 0 Å². The summed E-state index contributed by atoms with van der Waals surface area (Å²) in [5.41, 5.74) is 1.26. The van der Waals surface area contributed by atoms with Crippen LogP contribution in [0, 0.1) is 0 Å². The van der Waals surface area contributed by atoms with Crippen molar-refractivity contribution in [2.24, 2.45) is 0 Å². The molecule has 2 aromatic rings. The van der Waals surface area contributed by atoms with Crippen LogP contribution in [-0.2, 0) is 4.74 Å². The van der Waals surface area contributed by atoms with E-state index in [0.29, 0.717) is 16.7 Å². The van der Waals surface area contributed by atoms with Crippen molar-refractivity contribution in [3.63, 3.8) is 0 Å². The van der Waals surface area contributed by atoms with E-state index in [1.165, 1.54) is 11.8 Å². The third kappa shape index (κ3) is 2.92. The molecule has 0 aliphatic carbocycles. The SMILES string of the molecule is CSc1ccccc1C(=O)OCCN1C(=O)c2ccccc2C1=O. The molecule has 0 aromatic heterocycles. The van der Waals surface area contributed by atoms with Gasteiger partial charge in [-0.25, -0.2) is 4.79 Å². The molecular weight excluding hydrogens is 326 g/mol. The van der Waals surface area contributed by atoms with Gasteiger partial charge < -0.3 is 4.74 Å². The Bertz CT molecular complexity index is 783. The predicted molar refractivity (Wildman–Crippen MR) is 90.3 cm³/mol. The van der Waals surface area contributed by atoms with Gasteiger partial charge in [0.25, 0.3) is 11.8 Å². The van der Waals surface area contributed by atoms with Crippen LogP contribution >= 0.6 is 11.8 Å². The predicted octanol–water partition coefficient (Wildman–Crippen LogP) is 2.86. The van der Waals surface area contributed by atoms with Crippen LogP contribution in [-0.4, -0.2) is 42.1 Å². The number of carbonyl (C=O) groups excluding carboxylic acids is 3. The van der Waals surface area contributed by atoms with Crippen LogP contribution in [0.5, 0.6) is 0 Å². The highest BCUT2D eigenvalue weighted by Gasteiger charge is 2.34. The summed E-state index contributed by atoms with van der Waals surface area (Å²) in [6.07, 6.45) is 1.88. The lowest BCUT2D eigenvalue weighted by Crippen LogP contribution is -2.33. The van der Waals surface area contributed by atoms with Crippen LogP contribution in [0.3, 0.4) is 0 Å². The molecule has 0 bridgehead atoms. The van der Waals surface area contributed by atoms with Gasteiger partial charge in [0.2, 0.25) is 0 Å². The number of thioether (sulfide) groups is 1. The minimum absolute atomic E-state index is 0.0347. The van der Waals surface area contributed by atoms with E-state index in [1.807, 2.05) is 18.4 Å². The Morgan fingerprint density at radius 3 is 2.21 bits per heavy atom. The number of ether oxygens (including phenoxy) is 1. The molecule has 0 radical (unpaired) electrons. The first kappa shape index (κ1) is 16.3. The maximum Gasteiger partial charge on any atom is 0.339 e. The number of fused-ring (bicyclic) bond motifs is 1. The Kier molecular flexibility index (Phi) is 4.66. The molecule has 0 N–H and O–H groups in total. The van der Waals surface area contributed by atoms with Crippen molar-refractivity contribution in [2.75, 3.05) is 19.4 Å². The molecule has 0 saturated carbocycles. The van der Waals surface area contributed by atoms with E-state index >= 15 is 0 Å². The van der Waals surface area contributed by atoms with Crippen molar-refractivity contribution in [1.82, 2.24) is 4.90 Å². The molecular formula is C18H15NO4S. The second-order valence-electron chi connectivity index (χ2n) is 5.14. The second-order valence-corrected chi connectivity index (χ2v) is 5.99. The van der Waals surface area contributed by atoms with Crippen LogP contribution in [0.15, 0.2) is 53.4 Å². The van der Waals surface area contributed by atoms with Gasteiger partial charge >= 0.3 is 5.97 Å². The normalized spacial score (nSPS) is 13.1. The molecule has 1 heterocycles. The molecule has 0 spiro atoms. The van der Waals surface area contributed by atoms with E-state index in [0.717, 1.165) is 9.80 Å². The van der Waals surface area contributed by atoms with Gasteiger partial charge in [0.15, 0.2) is 0 Å². The molecule has 0 fully saturated rings. The van der Waals surface area contributed by atoms with Gasteiger partial charge in [0.1, 0.15) is 6.61 Å². The third-order valence-corrected chi connectivity index (χ3v) is 4.55. The summed E-state index contributed by atoms with van der Waals surface area (Å²) < 4.78 is 5.23. The monoisotopic (exact) mass is 341 g/mol. The van der Waals surface area contributed by atoms with Gasteiger partial charge in [-0.1, -0.05) is 24.3 Å². The van der Waals surface area contributed by atoms with Crippen LogP contribution in [0.25, 0.3) is 0 Å². The fourth-order valence-corrected chi connectivity index (χ4v) is 3.15. The van der Waals surface area contributed by atoms with Crippen molar-refractivity contribution in [3.05, 3.63) is 65.2 Å². The minimum atomic E-state index is -0.462. The number of nitrogens with zero attached hydrogens (tertiary/aromatic N) is 1. The summed E-state index contributed by atoms with van der Waals surface area (Å²) >= 11 is 1.46. The first-order valence-corrected chi connectivity index (χ1v) is 8.61. The molecule has 0 saturated heterocycles. The van der Waals surface area contributed by atoms with Gasteiger partial charge in [-0.05, 0) is 30.5 Å². The molecule has 1 aliphatic rings. The highest BCUT2D eigenvalue weighted by molar-refractivity contribution is 7.98. The Labute approximate surface area is 143 Å². The number of carbonyl (C=O) groups is 3. The van der Waals surface area contributed by atoms with Crippen molar-refractivity contribution in [1.29, 1.82) is 0 Å². The van der Waals surface area contributed by atoms with Crippen molar-refractivity contribution in [2.45, 2.75) is 4.90 Å². The Morgan fingerprint density at radius 2 is 1.58 bits per heavy atom. The Morgan fingerprint density at radius 1 is 1.00 bits per heavy atom. The van der Waals surface area contributed by atoms with E-state index in [1.54, 1.807) is 36.4 Å². The van der Waals surface area contributed by atoms with Crippen molar-refractivity contribution in [3.8, 4) is 0 Å². The molecule has 2 aromatic carbocycles. The van der Waals surface area contributed by atoms with Crippen molar-refractivity contribution >= 4 is 29.5 Å². The second kappa shape index (κ2) is 6.88. The first-order valence-electron chi connectivity index (χ1n) is 7.39. The van der Waals surface area contributed by atoms with E-state index in [2.05, 4.69) is 0 Å². The maximum absolute atomic E-state index is 12.2. The lowest BCUT2D eigenvalue weighted by atomic mass is 10.1. The zero-order valence-electron chi connectivity index (χ0n) is 13.0. The number of imide groups is 1. The van der Waals surface area contributed by atoms with E-state index in [-0.39, 0.29) is 25.0 Å². The van der Waals surface area contributed by atoms with Crippen LogP contribution in [0.1, 0.15) is 31.1 Å².